The zero-order chi connectivity index (χ0) is 12.6. The van der Waals surface area contributed by atoms with Gasteiger partial charge in [0.15, 0.2) is 0 Å². The average molecular weight is 232 g/mol. The third-order valence-corrected chi connectivity index (χ3v) is 3.30. The summed E-state index contributed by atoms with van der Waals surface area (Å²) in [5.41, 5.74) is 8.64. The first-order valence-corrected chi connectivity index (χ1v) is 5.93. The fourth-order valence-corrected chi connectivity index (χ4v) is 2.15. The SMILES string of the molecule is COc1ccc2c(c1)c(C(N)C(C)C)cn2C. The first kappa shape index (κ1) is 12.0. The van der Waals surface area contributed by atoms with Crippen LogP contribution in [0.2, 0.25) is 0 Å². The Morgan fingerprint density at radius 1 is 1.29 bits per heavy atom. The predicted octanol–water partition coefficient (Wildman–Crippen LogP) is 2.84. The molecular weight excluding hydrogens is 212 g/mol. The highest BCUT2D eigenvalue weighted by atomic mass is 16.5. The van der Waals surface area contributed by atoms with E-state index in [1.807, 2.05) is 13.1 Å². The van der Waals surface area contributed by atoms with Gasteiger partial charge >= 0.3 is 0 Å². The third-order valence-electron chi connectivity index (χ3n) is 3.30. The van der Waals surface area contributed by atoms with Gasteiger partial charge in [0.1, 0.15) is 5.75 Å². The van der Waals surface area contributed by atoms with Gasteiger partial charge in [-0.1, -0.05) is 13.8 Å². The Balaban J connectivity index is 2.63. The monoisotopic (exact) mass is 232 g/mol. The van der Waals surface area contributed by atoms with E-state index in [2.05, 4.69) is 36.7 Å². The maximum Gasteiger partial charge on any atom is 0.119 e. The van der Waals surface area contributed by atoms with Crippen LogP contribution in [0, 0.1) is 5.92 Å². The fourth-order valence-electron chi connectivity index (χ4n) is 2.15. The normalized spacial score (nSPS) is 13.3. The van der Waals surface area contributed by atoms with Crippen LogP contribution in [0.1, 0.15) is 25.5 Å². The molecular formula is C14H20N2O. The van der Waals surface area contributed by atoms with Crippen molar-refractivity contribution in [2.45, 2.75) is 19.9 Å². The van der Waals surface area contributed by atoms with Crippen molar-refractivity contribution in [1.82, 2.24) is 4.57 Å². The molecule has 0 saturated carbocycles. The predicted molar refractivity (Wildman–Crippen MR) is 71.2 cm³/mol. The van der Waals surface area contributed by atoms with Gasteiger partial charge in [-0.05, 0) is 29.7 Å². The molecule has 0 radical (unpaired) electrons. The molecule has 1 aromatic heterocycles. The minimum absolute atomic E-state index is 0.0609. The molecule has 0 fully saturated rings. The number of nitrogens with two attached hydrogens (primary N) is 1. The summed E-state index contributed by atoms with van der Waals surface area (Å²) in [6, 6.07) is 6.18. The number of methoxy groups -OCH3 is 1. The summed E-state index contributed by atoms with van der Waals surface area (Å²) in [5, 5.41) is 1.19. The van der Waals surface area contributed by atoms with Crippen LogP contribution in [0.3, 0.4) is 0 Å². The zero-order valence-electron chi connectivity index (χ0n) is 10.9. The van der Waals surface area contributed by atoms with Crippen LogP contribution >= 0.6 is 0 Å². The van der Waals surface area contributed by atoms with E-state index in [1.54, 1.807) is 7.11 Å². The zero-order valence-corrected chi connectivity index (χ0v) is 10.9. The largest absolute Gasteiger partial charge is 0.497 e. The number of benzene rings is 1. The Bertz CT molecular complexity index is 528. The van der Waals surface area contributed by atoms with Crippen LogP contribution in [-0.4, -0.2) is 11.7 Å². The molecule has 0 spiro atoms. The molecule has 0 saturated heterocycles. The number of ether oxygens (including phenoxy) is 1. The highest BCUT2D eigenvalue weighted by Gasteiger charge is 2.16. The van der Waals surface area contributed by atoms with E-state index in [1.165, 1.54) is 16.5 Å². The number of hydrogen-bond donors (Lipinski definition) is 1. The second-order valence-corrected chi connectivity index (χ2v) is 4.85. The van der Waals surface area contributed by atoms with Gasteiger partial charge in [0.25, 0.3) is 0 Å². The van der Waals surface area contributed by atoms with Crippen molar-refractivity contribution in [3.63, 3.8) is 0 Å². The van der Waals surface area contributed by atoms with Gasteiger partial charge in [0.05, 0.1) is 7.11 Å². The molecule has 1 heterocycles. The summed E-state index contributed by atoms with van der Waals surface area (Å²) in [7, 11) is 3.73. The second-order valence-electron chi connectivity index (χ2n) is 4.85. The van der Waals surface area contributed by atoms with Crippen LogP contribution in [0.4, 0.5) is 0 Å². The summed E-state index contributed by atoms with van der Waals surface area (Å²) in [6.45, 7) is 4.29. The van der Waals surface area contributed by atoms with E-state index in [9.17, 15) is 0 Å². The molecule has 17 heavy (non-hydrogen) atoms. The molecule has 0 aliphatic carbocycles. The van der Waals surface area contributed by atoms with Crippen LogP contribution < -0.4 is 10.5 Å². The Kier molecular flexibility index (Phi) is 3.11. The Morgan fingerprint density at radius 2 is 2.00 bits per heavy atom. The van der Waals surface area contributed by atoms with Crippen molar-refractivity contribution in [3.05, 3.63) is 30.0 Å². The molecule has 3 heteroatoms. The maximum absolute atomic E-state index is 6.25. The van der Waals surface area contributed by atoms with Crippen molar-refractivity contribution in [1.29, 1.82) is 0 Å². The number of rotatable bonds is 3. The Morgan fingerprint density at radius 3 is 2.59 bits per heavy atom. The quantitative estimate of drug-likeness (QED) is 0.884. The second kappa shape index (κ2) is 4.41. The summed E-state index contributed by atoms with van der Waals surface area (Å²) in [4.78, 5) is 0. The summed E-state index contributed by atoms with van der Waals surface area (Å²) in [5.74, 6) is 1.30. The first-order chi connectivity index (χ1) is 8.04. The van der Waals surface area contributed by atoms with Crippen LogP contribution in [0.15, 0.2) is 24.4 Å². The van der Waals surface area contributed by atoms with Crippen molar-refractivity contribution in [3.8, 4) is 5.75 Å². The van der Waals surface area contributed by atoms with E-state index in [-0.39, 0.29) is 6.04 Å². The molecule has 0 bridgehead atoms. The van der Waals surface area contributed by atoms with Crippen molar-refractivity contribution < 1.29 is 4.74 Å². The lowest BCUT2D eigenvalue weighted by Gasteiger charge is -2.14. The lowest BCUT2D eigenvalue weighted by atomic mass is 9.97. The van der Waals surface area contributed by atoms with Gasteiger partial charge in [0.2, 0.25) is 0 Å². The molecule has 0 amide bonds. The smallest absolute Gasteiger partial charge is 0.119 e. The third kappa shape index (κ3) is 2.03. The van der Waals surface area contributed by atoms with E-state index in [4.69, 9.17) is 10.5 Å². The van der Waals surface area contributed by atoms with Gasteiger partial charge in [-0.2, -0.15) is 0 Å². The highest BCUT2D eigenvalue weighted by molar-refractivity contribution is 5.85. The highest BCUT2D eigenvalue weighted by Crippen LogP contribution is 2.31. The molecule has 2 rings (SSSR count). The summed E-state index contributed by atoms with van der Waals surface area (Å²) in [6.07, 6.45) is 2.12. The van der Waals surface area contributed by atoms with Crippen molar-refractivity contribution >= 4 is 10.9 Å². The number of fused-ring (bicyclic) bond motifs is 1. The molecule has 1 aromatic carbocycles. The topological polar surface area (TPSA) is 40.2 Å². The molecule has 92 valence electrons. The number of aryl methyl sites for hydroxylation is 1. The van der Waals surface area contributed by atoms with Crippen LogP contribution in [0.5, 0.6) is 5.75 Å². The number of aromatic nitrogens is 1. The lowest BCUT2D eigenvalue weighted by Crippen LogP contribution is -2.16. The van der Waals surface area contributed by atoms with Crippen LogP contribution in [-0.2, 0) is 7.05 Å². The molecule has 3 nitrogen and oxygen atoms in total. The molecule has 0 aliphatic heterocycles. The summed E-state index contributed by atoms with van der Waals surface area (Å²) < 4.78 is 7.39. The molecule has 2 N–H and O–H groups in total. The van der Waals surface area contributed by atoms with Gasteiger partial charge in [-0.15, -0.1) is 0 Å². The molecule has 1 atom stereocenters. The average Bonchev–Trinajstić information content (AvgIpc) is 2.65. The lowest BCUT2D eigenvalue weighted by molar-refractivity contribution is 0.415. The first-order valence-electron chi connectivity index (χ1n) is 5.93. The molecule has 1 unspecified atom stereocenters. The fraction of sp³-hybridized carbons (Fsp3) is 0.429. The summed E-state index contributed by atoms with van der Waals surface area (Å²) >= 11 is 0. The molecule has 2 aromatic rings. The maximum atomic E-state index is 6.25. The van der Waals surface area contributed by atoms with Gasteiger partial charge in [-0.3, -0.25) is 0 Å². The minimum Gasteiger partial charge on any atom is -0.497 e. The van der Waals surface area contributed by atoms with E-state index >= 15 is 0 Å². The Labute approximate surface area is 102 Å². The van der Waals surface area contributed by atoms with E-state index in [0.717, 1.165) is 5.75 Å². The Hall–Kier alpha value is -1.48. The minimum atomic E-state index is 0.0609. The van der Waals surface area contributed by atoms with Gasteiger partial charge in [-0.25, -0.2) is 0 Å². The molecule has 0 aliphatic rings. The van der Waals surface area contributed by atoms with Crippen molar-refractivity contribution in [2.24, 2.45) is 18.7 Å². The van der Waals surface area contributed by atoms with Crippen LogP contribution in [0.25, 0.3) is 10.9 Å². The number of nitrogens with zero attached hydrogens (tertiary/aromatic N) is 1. The van der Waals surface area contributed by atoms with E-state index in [0.29, 0.717) is 5.92 Å². The number of hydrogen-bond acceptors (Lipinski definition) is 2. The standard InChI is InChI=1S/C14H20N2O/c1-9(2)14(15)12-8-16(3)13-6-5-10(17-4)7-11(12)13/h5-9,14H,15H2,1-4H3. The van der Waals surface area contributed by atoms with Gasteiger partial charge in [0, 0.05) is 30.2 Å². The van der Waals surface area contributed by atoms with Crippen molar-refractivity contribution in [2.75, 3.05) is 7.11 Å². The van der Waals surface area contributed by atoms with E-state index < -0.39 is 0 Å². The van der Waals surface area contributed by atoms with Gasteiger partial charge < -0.3 is 15.0 Å².